The second-order valence-electron chi connectivity index (χ2n) is 7.43. The van der Waals surface area contributed by atoms with Gasteiger partial charge in [-0.2, -0.15) is 5.10 Å². The van der Waals surface area contributed by atoms with E-state index in [1.54, 1.807) is 6.20 Å². The van der Waals surface area contributed by atoms with Gasteiger partial charge < -0.3 is 5.32 Å². The summed E-state index contributed by atoms with van der Waals surface area (Å²) in [5, 5.41) is 7.38. The summed E-state index contributed by atoms with van der Waals surface area (Å²) >= 11 is 0. The summed E-state index contributed by atoms with van der Waals surface area (Å²) in [7, 11) is 0. The molecule has 1 aliphatic rings. The molecule has 1 saturated heterocycles. The third-order valence-electron chi connectivity index (χ3n) is 5.15. The minimum atomic E-state index is -0.272. The van der Waals surface area contributed by atoms with Crippen molar-refractivity contribution < 1.29 is 4.79 Å². The molecule has 1 amide bonds. The number of rotatable bonds is 6. The second-order valence-corrected chi connectivity index (χ2v) is 7.43. The first-order valence-corrected chi connectivity index (χ1v) is 9.10. The normalized spacial score (nSPS) is 18.6. The summed E-state index contributed by atoms with van der Waals surface area (Å²) in [5.74, 6) is 0.173. The van der Waals surface area contributed by atoms with E-state index in [1.165, 1.54) is 5.56 Å². The number of nitrogens with zero attached hydrogens (tertiary/aromatic N) is 3. The van der Waals surface area contributed by atoms with Crippen LogP contribution < -0.4 is 5.32 Å². The van der Waals surface area contributed by atoms with Crippen molar-refractivity contribution in [1.82, 2.24) is 20.0 Å². The predicted molar refractivity (Wildman–Crippen MR) is 98.9 cm³/mol. The Kier molecular flexibility index (Phi) is 5.53. The van der Waals surface area contributed by atoms with Gasteiger partial charge in [-0.3, -0.25) is 14.4 Å². The summed E-state index contributed by atoms with van der Waals surface area (Å²) in [5.41, 5.74) is 1.06. The van der Waals surface area contributed by atoms with E-state index in [9.17, 15) is 4.79 Å². The van der Waals surface area contributed by atoms with E-state index in [-0.39, 0.29) is 17.4 Å². The lowest BCUT2D eigenvalue weighted by Crippen LogP contribution is -2.49. The Morgan fingerprint density at radius 3 is 2.60 bits per heavy atom. The summed E-state index contributed by atoms with van der Waals surface area (Å²) < 4.78 is 1.86. The minimum Gasteiger partial charge on any atom is -0.351 e. The second kappa shape index (κ2) is 7.83. The highest BCUT2D eigenvalue weighted by Gasteiger charge is 2.37. The number of carbonyl (C=O) groups is 1. The molecule has 1 aromatic carbocycles. The third-order valence-corrected chi connectivity index (χ3v) is 5.15. The maximum atomic E-state index is 12.8. The highest BCUT2D eigenvalue weighted by molar-refractivity contribution is 5.82. The van der Waals surface area contributed by atoms with Crippen LogP contribution in [-0.2, 0) is 17.9 Å². The Hall–Kier alpha value is -2.14. The Morgan fingerprint density at radius 1 is 1.24 bits per heavy atom. The third kappa shape index (κ3) is 4.69. The molecule has 1 aliphatic heterocycles. The van der Waals surface area contributed by atoms with Crippen molar-refractivity contribution in [3.63, 3.8) is 0 Å². The van der Waals surface area contributed by atoms with Gasteiger partial charge in [-0.1, -0.05) is 37.3 Å². The van der Waals surface area contributed by atoms with Gasteiger partial charge in [-0.05, 0) is 44.5 Å². The van der Waals surface area contributed by atoms with Crippen molar-refractivity contribution in [3.8, 4) is 0 Å². The molecule has 1 N–H and O–H groups in total. The molecule has 0 bridgehead atoms. The zero-order valence-corrected chi connectivity index (χ0v) is 15.2. The molecular formula is C20H28N4O. The Bertz CT molecular complexity index is 660. The number of benzene rings is 1. The fourth-order valence-electron chi connectivity index (χ4n) is 3.41. The molecule has 0 spiro atoms. The molecule has 1 atom stereocenters. The Balaban J connectivity index is 1.48. The van der Waals surface area contributed by atoms with Crippen LogP contribution in [0.25, 0.3) is 0 Å². The number of hydrogen-bond donors (Lipinski definition) is 1. The zero-order chi connectivity index (χ0) is 17.7. The highest BCUT2D eigenvalue weighted by Crippen LogP contribution is 2.31. The first-order valence-electron chi connectivity index (χ1n) is 9.10. The highest BCUT2D eigenvalue weighted by atomic mass is 16.2. The zero-order valence-electron chi connectivity index (χ0n) is 15.2. The molecule has 1 aromatic heterocycles. The predicted octanol–water partition coefficient (Wildman–Crippen LogP) is 2.69. The molecule has 25 heavy (non-hydrogen) atoms. The van der Waals surface area contributed by atoms with Crippen LogP contribution >= 0.6 is 0 Å². The van der Waals surface area contributed by atoms with E-state index in [2.05, 4.69) is 46.5 Å². The van der Waals surface area contributed by atoms with E-state index in [0.29, 0.717) is 6.54 Å². The molecular weight excluding hydrogens is 312 g/mol. The molecule has 1 fully saturated rings. The van der Waals surface area contributed by atoms with Crippen molar-refractivity contribution in [2.75, 3.05) is 13.1 Å². The smallest absolute Gasteiger partial charge is 0.226 e. The van der Waals surface area contributed by atoms with Gasteiger partial charge in [-0.15, -0.1) is 0 Å². The maximum Gasteiger partial charge on any atom is 0.226 e. The standard InChI is InChI=1S/C20H28N4O/c1-17(15-24-12-6-11-21-24)22-19(25)20(2)9-13-23(14-10-20)16-18-7-4-3-5-8-18/h3-8,11-12,17H,9-10,13-16H2,1-2H3,(H,22,25). The van der Waals surface area contributed by atoms with Crippen molar-refractivity contribution >= 4 is 5.91 Å². The van der Waals surface area contributed by atoms with Gasteiger partial charge in [0.2, 0.25) is 5.91 Å². The van der Waals surface area contributed by atoms with Gasteiger partial charge in [0.1, 0.15) is 0 Å². The van der Waals surface area contributed by atoms with Gasteiger partial charge in [0, 0.05) is 30.4 Å². The lowest BCUT2D eigenvalue weighted by atomic mass is 9.79. The van der Waals surface area contributed by atoms with E-state index in [1.807, 2.05) is 29.9 Å². The van der Waals surface area contributed by atoms with E-state index < -0.39 is 0 Å². The topological polar surface area (TPSA) is 50.2 Å². The number of carbonyl (C=O) groups excluding carboxylic acids is 1. The van der Waals surface area contributed by atoms with E-state index >= 15 is 0 Å². The number of likely N-dealkylation sites (tertiary alicyclic amines) is 1. The molecule has 134 valence electrons. The fourth-order valence-corrected chi connectivity index (χ4v) is 3.41. The summed E-state index contributed by atoms with van der Waals surface area (Å²) in [6, 6.07) is 12.5. The minimum absolute atomic E-state index is 0.0755. The van der Waals surface area contributed by atoms with Crippen LogP contribution in [0.4, 0.5) is 0 Å². The molecule has 3 rings (SSSR count). The fraction of sp³-hybridized carbons (Fsp3) is 0.500. The number of aromatic nitrogens is 2. The monoisotopic (exact) mass is 340 g/mol. The van der Waals surface area contributed by atoms with Crippen molar-refractivity contribution in [2.24, 2.45) is 5.41 Å². The van der Waals surface area contributed by atoms with Gasteiger partial charge in [0.05, 0.1) is 6.54 Å². The van der Waals surface area contributed by atoms with Gasteiger partial charge >= 0.3 is 0 Å². The molecule has 0 saturated carbocycles. The molecule has 1 unspecified atom stereocenters. The molecule has 0 aliphatic carbocycles. The first kappa shape index (κ1) is 17.7. The summed E-state index contributed by atoms with van der Waals surface area (Å²) in [4.78, 5) is 15.2. The van der Waals surface area contributed by atoms with Crippen LogP contribution in [-0.4, -0.2) is 39.7 Å². The molecule has 5 heteroatoms. The first-order chi connectivity index (χ1) is 12.0. The number of nitrogens with one attached hydrogen (secondary N) is 1. The van der Waals surface area contributed by atoms with Crippen LogP contribution in [0.5, 0.6) is 0 Å². The van der Waals surface area contributed by atoms with Crippen LogP contribution in [0.15, 0.2) is 48.8 Å². The lowest BCUT2D eigenvalue weighted by Gasteiger charge is -2.38. The van der Waals surface area contributed by atoms with Crippen molar-refractivity contribution in [1.29, 1.82) is 0 Å². The number of piperidine rings is 1. The lowest BCUT2D eigenvalue weighted by molar-refractivity contribution is -0.133. The number of amides is 1. The summed E-state index contributed by atoms with van der Waals surface area (Å²) in [6.07, 6.45) is 5.49. The number of hydrogen-bond acceptors (Lipinski definition) is 3. The van der Waals surface area contributed by atoms with E-state index in [4.69, 9.17) is 0 Å². The van der Waals surface area contributed by atoms with Crippen LogP contribution in [0.2, 0.25) is 0 Å². The van der Waals surface area contributed by atoms with Crippen LogP contribution in [0, 0.1) is 5.41 Å². The van der Waals surface area contributed by atoms with Crippen molar-refractivity contribution in [3.05, 3.63) is 54.4 Å². The van der Waals surface area contributed by atoms with E-state index in [0.717, 1.165) is 32.5 Å². The average molecular weight is 340 g/mol. The quantitative estimate of drug-likeness (QED) is 0.880. The van der Waals surface area contributed by atoms with Gasteiger partial charge in [0.15, 0.2) is 0 Å². The van der Waals surface area contributed by atoms with Gasteiger partial charge in [-0.25, -0.2) is 0 Å². The molecule has 2 aromatic rings. The molecule has 5 nitrogen and oxygen atoms in total. The average Bonchev–Trinajstić information content (AvgIpc) is 3.11. The molecule has 2 heterocycles. The van der Waals surface area contributed by atoms with Gasteiger partial charge in [0.25, 0.3) is 0 Å². The van der Waals surface area contributed by atoms with Crippen LogP contribution in [0.1, 0.15) is 32.3 Å². The van der Waals surface area contributed by atoms with Crippen LogP contribution in [0.3, 0.4) is 0 Å². The SMILES string of the molecule is CC(Cn1cccn1)NC(=O)C1(C)CCN(Cc2ccccc2)CC1. The summed E-state index contributed by atoms with van der Waals surface area (Å²) in [6.45, 7) is 7.73. The maximum absolute atomic E-state index is 12.8. The Morgan fingerprint density at radius 2 is 1.96 bits per heavy atom. The largest absolute Gasteiger partial charge is 0.351 e. The van der Waals surface area contributed by atoms with Crippen molar-refractivity contribution in [2.45, 2.75) is 45.8 Å². The molecule has 0 radical (unpaired) electrons. The Labute approximate surface area is 150 Å².